The van der Waals surface area contributed by atoms with Crippen molar-refractivity contribution in [3.8, 4) is 0 Å². The van der Waals surface area contributed by atoms with Gasteiger partial charge in [0.25, 0.3) is 5.91 Å². The van der Waals surface area contributed by atoms with Crippen LogP contribution in [0.3, 0.4) is 0 Å². The Bertz CT molecular complexity index is 357. The summed E-state index contributed by atoms with van der Waals surface area (Å²) in [5.74, 6) is -0.191. The third-order valence-corrected chi connectivity index (χ3v) is 3.17. The van der Waals surface area contributed by atoms with E-state index >= 15 is 0 Å². The molecule has 0 heterocycles. The zero-order valence-electron chi connectivity index (χ0n) is 7.90. The summed E-state index contributed by atoms with van der Waals surface area (Å²) in [6.45, 7) is 0.618. The first-order chi connectivity index (χ1) is 7.16. The van der Waals surface area contributed by atoms with Gasteiger partial charge in [-0.3, -0.25) is 4.79 Å². The van der Waals surface area contributed by atoms with Crippen LogP contribution in [0.1, 0.15) is 16.8 Å². The van der Waals surface area contributed by atoms with Gasteiger partial charge in [0.2, 0.25) is 0 Å². The second kappa shape index (κ2) is 6.36. The first-order valence-corrected chi connectivity index (χ1v) is 6.32. The maximum Gasteiger partial charge on any atom is 0.252 e. The number of hydrogen-bond acceptors (Lipinski definition) is 1. The molecule has 5 heteroatoms. The second-order valence-corrected chi connectivity index (χ2v) is 4.48. The van der Waals surface area contributed by atoms with Gasteiger partial charge >= 0.3 is 0 Å². The Hall–Kier alpha value is -0.250. The van der Waals surface area contributed by atoms with Crippen LogP contribution in [0, 0.1) is 0 Å². The molecule has 2 nitrogen and oxygen atoms in total. The van der Waals surface area contributed by atoms with E-state index in [2.05, 4.69) is 21.2 Å². The summed E-state index contributed by atoms with van der Waals surface area (Å²) in [5, 5.41) is 4.31. The number of benzene rings is 1. The average molecular weight is 311 g/mol. The van der Waals surface area contributed by atoms with Gasteiger partial charge in [-0.15, -0.1) is 0 Å². The van der Waals surface area contributed by atoms with Crippen LogP contribution in [-0.4, -0.2) is 17.8 Å². The Morgan fingerprint density at radius 3 is 2.80 bits per heavy atom. The molecule has 0 saturated carbocycles. The lowest BCUT2D eigenvalue weighted by Crippen LogP contribution is -2.24. The van der Waals surface area contributed by atoms with E-state index in [1.54, 1.807) is 18.2 Å². The summed E-state index contributed by atoms with van der Waals surface area (Å²) in [6, 6.07) is 5.00. The summed E-state index contributed by atoms with van der Waals surface area (Å²) in [6.07, 6.45) is 0.879. The lowest BCUT2D eigenvalue weighted by molar-refractivity contribution is 0.0954. The third-order valence-electron chi connectivity index (χ3n) is 1.79. The molecule has 0 aliphatic rings. The number of hydrogen-bond donors (Lipinski definition) is 1. The van der Waals surface area contributed by atoms with Crippen LogP contribution in [0.15, 0.2) is 18.2 Å². The van der Waals surface area contributed by atoms with E-state index in [0.29, 0.717) is 22.2 Å². The largest absolute Gasteiger partial charge is 0.352 e. The van der Waals surface area contributed by atoms with Crippen molar-refractivity contribution < 1.29 is 4.79 Å². The summed E-state index contributed by atoms with van der Waals surface area (Å²) < 4.78 is 0. The molecule has 0 bridgehead atoms. The van der Waals surface area contributed by atoms with E-state index in [-0.39, 0.29) is 5.91 Å². The third kappa shape index (κ3) is 3.67. The molecule has 1 amide bonds. The molecular weight excluding hydrogens is 301 g/mol. The molecule has 0 unspecified atom stereocenters. The molecule has 0 aromatic heterocycles. The van der Waals surface area contributed by atoms with Gasteiger partial charge in [-0.25, -0.2) is 0 Å². The molecule has 1 aromatic rings. The Balaban J connectivity index is 2.69. The average Bonchev–Trinajstić information content (AvgIpc) is 2.22. The van der Waals surface area contributed by atoms with Crippen LogP contribution in [0.2, 0.25) is 10.0 Å². The van der Waals surface area contributed by atoms with Crippen LogP contribution in [0.4, 0.5) is 0 Å². The predicted octanol–water partition coefficient (Wildman–Crippen LogP) is 3.51. The molecule has 0 aliphatic heterocycles. The first kappa shape index (κ1) is 12.8. The number of amides is 1. The predicted molar refractivity (Wildman–Crippen MR) is 67.2 cm³/mol. The number of rotatable bonds is 4. The number of halogens is 3. The van der Waals surface area contributed by atoms with Gasteiger partial charge in [-0.05, 0) is 18.6 Å². The van der Waals surface area contributed by atoms with Crippen LogP contribution >= 0.6 is 39.1 Å². The van der Waals surface area contributed by atoms with Crippen molar-refractivity contribution in [1.82, 2.24) is 5.32 Å². The Labute approximate surface area is 107 Å². The Morgan fingerprint density at radius 1 is 1.40 bits per heavy atom. The Morgan fingerprint density at radius 2 is 2.13 bits per heavy atom. The number of carbonyl (C=O) groups is 1. The molecule has 1 rings (SSSR count). The van der Waals surface area contributed by atoms with Crippen LogP contribution in [0.25, 0.3) is 0 Å². The van der Waals surface area contributed by atoms with Crippen molar-refractivity contribution in [2.45, 2.75) is 6.42 Å². The SMILES string of the molecule is O=C(NCCCBr)c1cccc(Cl)c1Cl. The van der Waals surface area contributed by atoms with E-state index in [1.807, 2.05) is 0 Å². The lowest BCUT2D eigenvalue weighted by Gasteiger charge is -2.06. The second-order valence-electron chi connectivity index (χ2n) is 2.90. The fourth-order valence-corrected chi connectivity index (χ4v) is 1.71. The van der Waals surface area contributed by atoms with Crippen molar-refractivity contribution >= 4 is 45.0 Å². The van der Waals surface area contributed by atoms with E-state index < -0.39 is 0 Å². The summed E-state index contributed by atoms with van der Waals surface area (Å²) in [5.41, 5.74) is 0.415. The maximum absolute atomic E-state index is 11.6. The van der Waals surface area contributed by atoms with Gasteiger partial charge in [-0.1, -0.05) is 45.2 Å². The molecule has 15 heavy (non-hydrogen) atoms. The van der Waals surface area contributed by atoms with Gasteiger partial charge in [0.15, 0.2) is 0 Å². The van der Waals surface area contributed by atoms with E-state index in [9.17, 15) is 4.79 Å². The molecule has 0 atom stereocenters. The molecule has 82 valence electrons. The van der Waals surface area contributed by atoms with Crippen LogP contribution < -0.4 is 5.32 Å². The number of alkyl halides is 1. The van der Waals surface area contributed by atoms with Crippen molar-refractivity contribution in [1.29, 1.82) is 0 Å². The summed E-state index contributed by atoms with van der Waals surface area (Å²) in [7, 11) is 0. The van der Waals surface area contributed by atoms with Crippen molar-refractivity contribution in [2.24, 2.45) is 0 Å². The van der Waals surface area contributed by atoms with Gasteiger partial charge in [0, 0.05) is 11.9 Å². The normalized spacial score (nSPS) is 10.1. The molecule has 0 spiro atoms. The van der Waals surface area contributed by atoms with Gasteiger partial charge in [0.1, 0.15) is 0 Å². The molecular formula is C10H10BrCl2NO. The number of carbonyl (C=O) groups excluding carboxylic acids is 1. The Kier molecular flexibility index (Phi) is 5.43. The highest BCUT2D eigenvalue weighted by atomic mass is 79.9. The zero-order chi connectivity index (χ0) is 11.3. The fourth-order valence-electron chi connectivity index (χ4n) is 1.04. The smallest absolute Gasteiger partial charge is 0.252 e. The highest BCUT2D eigenvalue weighted by molar-refractivity contribution is 9.09. The van der Waals surface area contributed by atoms with Crippen molar-refractivity contribution in [3.63, 3.8) is 0 Å². The summed E-state index contributed by atoms with van der Waals surface area (Å²) >= 11 is 15.0. The van der Waals surface area contributed by atoms with Crippen molar-refractivity contribution in [2.75, 3.05) is 11.9 Å². The van der Waals surface area contributed by atoms with Crippen molar-refractivity contribution in [3.05, 3.63) is 33.8 Å². The van der Waals surface area contributed by atoms with Crippen LogP contribution in [0.5, 0.6) is 0 Å². The molecule has 1 N–H and O–H groups in total. The van der Waals surface area contributed by atoms with Crippen LogP contribution in [-0.2, 0) is 0 Å². The highest BCUT2D eigenvalue weighted by Gasteiger charge is 2.11. The molecule has 0 radical (unpaired) electrons. The maximum atomic E-state index is 11.6. The minimum absolute atomic E-state index is 0.191. The quantitative estimate of drug-likeness (QED) is 0.669. The minimum atomic E-state index is -0.191. The minimum Gasteiger partial charge on any atom is -0.352 e. The van der Waals surface area contributed by atoms with E-state index in [4.69, 9.17) is 23.2 Å². The molecule has 1 aromatic carbocycles. The standard InChI is InChI=1S/C10H10BrCl2NO/c11-5-2-6-14-10(15)7-3-1-4-8(12)9(7)13/h1,3-4H,2,5-6H2,(H,14,15). The van der Waals surface area contributed by atoms with E-state index in [1.165, 1.54) is 0 Å². The summed E-state index contributed by atoms with van der Waals surface area (Å²) in [4.78, 5) is 11.6. The van der Waals surface area contributed by atoms with Gasteiger partial charge < -0.3 is 5.32 Å². The molecule has 0 fully saturated rings. The number of nitrogens with one attached hydrogen (secondary N) is 1. The van der Waals surface area contributed by atoms with Gasteiger partial charge in [0.05, 0.1) is 15.6 Å². The monoisotopic (exact) mass is 309 g/mol. The lowest BCUT2D eigenvalue weighted by atomic mass is 10.2. The fraction of sp³-hybridized carbons (Fsp3) is 0.300. The van der Waals surface area contributed by atoms with E-state index in [0.717, 1.165) is 11.8 Å². The highest BCUT2D eigenvalue weighted by Crippen LogP contribution is 2.25. The first-order valence-electron chi connectivity index (χ1n) is 4.45. The van der Waals surface area contributed by atoms with Gasteiger partial charge in [-0.2, -0.15) is 0 Å². The topological polar surface area (TPSA) is 29.1 Å². The molecule has 0 saturated heterocycles. The zero-order valence-corrected chi connectivity index (χ0v) is 11.0. The molecule has 0 aliphatic carbocycles.